The minimum absolute atomic E-state index is 0.292. The monoisotopic (exact) mass is 392 g/mol. The number of carbonyl (C=O) groups is 1. The average molecular weight is 393 g/mol. The highest BCUT2D eigenvalue weighted by molar-refractivity contribution is 5.99. The molecule has 0 aromatic rings. The van der Waals surface area contributed by atoms with Crippen LogP contribution >= 0.6 is 0 Å². The molecule has 2 aliphatic rings. The van der Waals surface area contributed by atoms with Crippen molar-refractivity contribution < 1.29 is 9.90 Å². The van der Waals surface area contributed by atoms with Gasteiger partial charge in [-0.3, -0.25) is 4.79 Å². The predicted octanol–water partition coefficient (Wildman–Crippen LogP) is 7.00. The molecule has 2 N–H and O–H groups in total. The summed E-state index contributed by atoms with van der Waals surface area (Å²) >= 11 is 0. The smallest absolute Gasteiger partial charge is 0.303 e. The zero-order valence-electron chi connectivity index (χ0n) is 18.3. The van der Waals surface area contributed by atoms with Crippen LogP contribution < -0.4 is 5.43 Å². The highest BCUT2D eigenvalue weighted by Gasteiger charge is 2.09. The summed E-state index contributed by atoms with van der Waals surface area (Å²) in [6.07, 6.45) is 25.2. The van der Waals surface area contributed by atoms with Crippen molar-refractivity contribution in [3.8, 4) is 0 Å². The first-order chi connectivity index (χ1) is 13.7. The van der Waals surface area contributed by atoms with E-state index in [0.717, 1.165) is 13.0 Å². The standard InChI is InChI=1S/C20H36N2.C4H8O2/c1-2-4-8-12-16-19(15-11-7-3-1)20-17-13-9-5-6-10-14-18-21-22-20;1-2-3-4(5)6/h15,21H,1-14,16-18H2;2-3H2,1H3,(H,5,6)/b19-15+,22-20-;. The van der Waals surface area contributed by atoms with Gasteiger partial charge in [-0.2, -0.15) is 5.10 Å². The van der Waals surface area contributed by atoms with Gasteiger partial charge in [-0.15, -0.1) is 0 Å². The molecule has 28 heavy (non-hydrogen) atoms. The van der Waals surface area contributed by atoms with E-state index in [1.807, 2.05) is 6.92 Å². The first-order valence-electron chi connectivity index (χ1n) is 11.9. The molecule has 1 heterocycles. The van der Waals surface area contributed by atoms with Crippen LogP contribution in [0.4, 0.5) is 0 Å². The number of hydrazone groups is 1. The van der Waals surface area contributed by atoms with Gasteiger partial charge in [0.1, 0.15) is 0 Å². The second-order valence-corrected chi connectivity index (χ2v) is 8.22. The number of rotatable bonds is 3. The zero-order valence-corrected chi connectivity index (χ0v) is 18.3. The van der Waals surface area contributed by atoms with Crippen molar-refractivity contribution in [2.45, 2.75) is 122 Å². The van der Waals surface area contributed by atoms with E-state index < -0.39 is 5.97 Å². The van der Waals surface area contributed by atoms with E-state index in [2.05, 4.69) is 11.5 Å². The van der Waals surface area contributed by atoms with Gasteiger partial charge in [0.25, 0.3) is 0 Å². The van der Waals surface area contributed by atoms with Crippen molar-refractivity contribution in [1.82, 2.24) is 5.43 Å². The number of hydrogen-bond acceptors (Lipinski definition) is 3. The molecule has 0 radical (unpaired) electrons. The Labute approximate surface area is 173 Å². The maximum absolute atomic E-state index is 9.60. The van der Waals surface area contributed by atoms with E-state index in [-0.39, 0.29) is 0 Å². The molecule has 1 aliphatic heterocycles. The van der Waals surface area contributed by atoms with Gasteiger partial charge in [0.2, 0.25) is 0 Å². The lowest BCUT2D eigenvalue weighted by Crippen LogP contribution is -2.14. The topological polar surface area (TPSA) is 61.7 Å². The Bertz CT molecular complexity index is 424. The molecule has 0 aromatic carbocycles. The minimum atomic E-state index is -0.711. The Kier molecular flexibility index (Phi) is 15.7. The number of carboxylic acid groups (broad SMARTS) is 1. The Morgan fingerprint density at radius 3 is 2.07 bits per heavy atom. The molecule has 1 aliphatic carbocycles. The van der Waals surface area contributed by atoms with E-state index in [1.165, 1.54) is 108 Å². The summed E-state index contributed by atoms with van der Waals surface area (Å²) in [5.41, 5.74) is 6.29. The fraction of sp³-hybridized carbons (Fsp3) is 0.833. The fourth-order valence-electron chi connectivity index (χ4n) is 3.84. The highest BCUT2D eigenvalue weighted by atomic mass is 16.4. The second-order valence-electron chi connectivity index (χ2n) is 8.22. The number of aliphatic carboxylic acids is 1. The number of nitrogens with one attached hydrogen (secondary N) is 1. The van der Waals surface area contributed by atoms with Crippen LogP contribution in [0, 0.1) is 0 Å². The van der Waals surface area contributed by atoms with E-state index in [9.17, 15) is 4.79 Å². The molecule has 0 fully saturated rings. The minimum Gasteiger partial charge on any atom is -0.481 e. The normalized spacial score (nSPS) is 24.3. The summed E-state index contributed by atoms with van der Waals surface area (Å²) in [5.74, 6) is -0.711. The van der Waals surface area contributed by atoms with E-state index in [1.54, 1.807) is 5.57 Å². The highest BCUT2D eigenvalue weighted by Crippen LogP contribution is 2.20. The second kappa shape index (κ2) is 17.8. The molecule has 162 valence electrons. The van der Waals surface area contributed by atoms with Gasteiger partial charge in [0.15, 0.2) is 0 Å². The van der Waals surface area contributed by atoms with Gasteiger partial charge in [-0.05, 0) is 56.9 Å². The molecule has 4 heteroatoms. The van der Waals surface area contributed by atoms with Crippen LogP contribution in [0.2, 0.25) is 0 Å². The van der Waals surface area contributed by atoms with E-state index >= 15 is 0 Å². The quantitative estimate of drug-likeness (QED) is 0.543. The molecule has 0 saturated carbocycles. The van der Waals surface area contributed by atoms with Gasteiger partial charge in [0.05, 0.1) is 5.71 Å². The fourth-order valence-corrected chi connectivity index (χ4v) is 3.84. The number of hydrogen-bond donors (Lipinski definition) is 2. The number of nitrogens with zero attached hydrogens (tertiary/aromatic N) is 1. The van der Waals surface area contributed by atoms with Gasteiger partial charge in [0, 0.05) is 13.0 Å². The molecular weight excluding hydrogens is 348 g/mol. The summed E-state index contributed by atoms with van der Waals surface area (Å²) < 4.78 is 0. The van der Waals surface area contributed by atoms with Crippen LogP contribution in [0.15, 0.2) is 16.8 Å². The Balaban J connectivity index is 0.000000568. The third-order valence-electron chi connectivity index (χ3n) is 5.54. The van der Waals surface area contributed by atoms with Crippen molar-refractivity contribution >= 4 is 11.7 Å². The summed E-state index contributed by atoms with van der Waals surface area (Å²) in [6.45, 7) is 2.89. The zero-order chi connectivity index (χ0) is 20.3. The predicted molar refractivity (Wildman–Crippen MR) is 120 cm³/mol. The average Bonchev–Trinajstić information content (AvgIpc) is 2.78. The van der Waals surface area contributed by atoms with Gasteiger partial charge < -0.3 is 10.5 Å². The first kappa shape index (κ1) is 24.7. The van der Waals surface area contributed by atoms with Crippen molar-refractivity contribution in [1.29, 1.82) is 0 Å². The molecule has 0 saturated heterocycles. The molecule has 4 nitrogen and oxygen atoms in total. The van der Waals surface area contributed by atoms with Crippen LogP contribution in [-0.2, 0) is 4.79 Å². The molecule has 0 amide bonds. The van der Waals surface area contributed by atoms with Crippen LogP contribution in [0.3, 0.4) is 0 Å². The summed E-state index contributed by atoms with van der Waals surface area (Å²) in [7, 11) is 0. The van der Waals surface area contributed by atoms with Gasteiger partial charge >= 0.3 is 5.97 Å². The van der Waals surface area contributed by atoms with Crippen molar-refractivity contribution in [3.05, 3.63) is 11.6 Å². The third-order valence-corrected chi connectivity index (χ3v) is 5.54. The van der Waals surface area contributed by atoms with Crippen LogP contribution in [-0.4, -0.2) is 23.3 Å². The van der Waals surface area contributed by atoms with Crippen LogP contribution in [0.5, 0.6) is 0 Å². The number of carboxylic acids is 1. The Morgan fingerprint density at radius 2 is 1.46 bits per heavy atom. The van der Waals surface area contributed by atoms with E-state index in [4.69, 9.17) is 10.2 Å². The van der Waals surface area contributed by atoms with Crippen LogP contribution in [0.1, 0.15) is 122 Å². The molecule has 0 unspecified atom stereocenters. The lowest BCUT2D eigenvalue weighted by Gasteiger charge is -2.12. The summed E-state index contributed by atoms with van der Waals surface area (Å²) in [4.78, 5) is 9.60. The lowest BCUT2D eigenvalue weighted by molar-refractivity contribution is -0.137. The third kappa shape index (κ3) is 13.8. The molecule has 0 aromatic heterocycles. The van der Waals surface area contributed by atoms with Crippen molar-refractivity contribution in [2.24, 2.45) is 5.10 Å². The van der Waals surface area contributed by atoms with Gasteiger partial charge in [-0.25, -0.2) is 0 Å². The van der Waals surface area contributed by atoms with E-state index in [0.29, 0.717) is 6.42 Å². The molecule has 2 rings (SSSR count). The Hall–Kier alpha value is -1.32. The summed E-state index contributed by atoms with van der Waals surface area (Å²) in [6, 6.07) is 0. The van der Waals surface area contributed by atoms with Gasteiger partial charge in [-0.1, -0.05) is 70.8 Å². The summed E-state index contributed by atoms with van der Waals surface area (Å²) in [5, 5.41) is 12.7. The first-order valence-corrected chi connectivity index (χ1v) is 11.9. The molecule has 0 atom stereocenters. The largest absolute Gasteiger partial charge is 0.481 e. The SMILES string of the molecule is C1=C(/C2=N\NCCCCCCCC2)CCCCCCCCC/1.CCCC(=O)O. The van der Waals surface area contributed by atoms with Crippen molar-refractivity contribution in [3.63, 3.8) is 0 Å². The molecule has 0 bridgehead atoms. The number of allylic oxidation sites excluding steroid dienone is 2. The molecular formula is C24H44N2O2. The van der Waals surface area contributed by atoms with Crippen LogP contribution in [0.25, 0.3) is 0 Å². The Morgan fingerprint density at radius 1 is 0.893 bits per heavy atom. The lowest BCUT2D eigenvalue weighted by atomic mass is 9.97. The molecule has 0 spiro atoms. The maximum atomic E-state index is 9.60. The maximum Gasteiger partial charge on any atom is 0.303 e. The van der Waals surface area contributed by atoms with Crippen molar-refractivity contribution in [2.75, 3.05) is 6.54 Å².